The average molecular weight is 376 g/mol. The van der Waals surface area contributed by atoms with Crippen molar-refractivity contribution in [3.8, 4) is 11.4 Å². The maximum atomic E-state index is 12.1. The number of imidazole rings is 1. The molecule has 28 heavy (non-hydrogen) atoms. The molecule has 0 spiro atoms. The Bertz CT molecular complexity index is 1190. The first-order valence-electron chi connectivity index (χ1n) is 8.07. The van der Waals surface area contributed by atoms with E-state index in [2.05, 4.69) is 20.3 Å². The number of hydrogen-bond acceptors (Lipinski definition) is 7. The molecule has 0 aliphatic carbocycles. The predicted molar refractivity (Wildman–Crippen MR) is 99.0 cm³/mol. The Hall–Kier alpha value is -4.34. The molecule has 10 nitrogen and oxygen atoms in total. The quantitative estimate of drug-likeness (QED) is 0.317. The van der Waals surface area contributed by atoms with Gasteiger partial charge in [0.05, 0.1) is 16.6 Å². The molecule has 0 saturated carbocycles. The van der Waals surface area contributed by atoms with Crippen LogP contribution in [0.25, 0.3) is 22.4 Å². The van der Waals surface area contributed by atoms with Crippen molar-refractivity contribution in [3.05, 3.63) is 76.9 Å². The minimum atomic E-state index is -0.541. The van der Waals surface area contributed by atoms with Crippen LogP contribution in [-0.4, -0.2) is 35.7 Å². The number of nitro benzene ring substituents is 1. The Morgan fingerprint density at radius 2 is 1.93 bits per heavy atom. The smallest absolute Gasteiger partial charge is 0.275 e. The van der Waals surface area contributed by atoms with Crippen LogP contribution in [0.4, 0.5) is 11.4 Å². The largest absolute Gasteiger partial charge is 0.426 e. The SMILES string of the molecule is O=C(Nc1ccc(-c2nc3ccc([N+](=O)[O-])cc3n2O)cc1)c1cnccn1. The number of nitrogens with one attached hydrogen (secondary N) is 1. The first kappa shape index (κ1) is 17.1. The van der Waals surface area contributed by atoms with Crippen molar-refractivity contribution in [3.63, 3.8) is 0 Å². The van der Waals surface area contributed by atoms with Gasteiger partial charge in [-0.3, -0.25) is 19.9 Å². The lowest BCUT2D eigenvalue weighted by Gasteiger charge is -2.06. The van der Waals surface area contributed by atoms with Crippen LogP contribution >= 0.6 is 0 Å². The molecule has 0 saturated heterocycles. The van der Waals surface area contributed by atoms with Gasteiger partial charge in [0, 0.05) is 35.8 Å². The van der Waals surface area contributed by atoms with E-state index in [9.17, 15) is 20.1 Å². The zero-order valence-electron chi connectivity index (χ0n) is 14.2. The highest BCUT2D eigenvalue weighted by molar-refractivity contribution is 6.02. The third-order valence-corrected chi connectivity index (χ3v) is 4.02. The van der Waals surface area contributed by atoms with E-state index >= 15 is 0 Å². The van der Waals surface area contributed by atoms with Crippen molar-refractivity contribution < 1.29 is 14.9 Å². The summed E-state index contributed by atoms with van der Waals surface area (Å²) in [7, 11) is 0. The molecule has 2 heterocycles. The summed E-state index contributed by atoms with van der Waals surface area (Å²) >= 11 is 0. The van der Waals surface area contributed by atoms with Gasteiger partial charge < -0.3 is 10.5 Å². The normalized spacial score (nSPS) is 10.7. The van der Waals surface area contributed by atoms with Gasteiger partial charge in [-0.15, -0.1) is 0 Å². The van der Waals surface area contributed by atoms with Crippen molar-refractivity contribution in [1.29, 1.82) is 0 Å². The molecule has 0 atom stereocenters. The molecular weight excluding hydrogens is 364 g/mol. The first-order valence-corrected chi connectivity index (χ1v) is 8.07. The van der Waals surface area contributed by atoms with Crippen LogP contribution in [0.1, 0.15) is 10.5 Å². The first-order chi connectivity index (χ1) is 13.5. The Kier molecular flexibility index (Phi) is 4.13. The zero-order valence-corrected chi connectivity index (χ0v) is 14.2. The zero-order chi connectivity index (χ0) is 19.7. The van der Waals surface area contributed by atoms with E-state index < -0.39 is 10.8 Å². The van der Waals surface area contributed by atoms with Crippen molar-refractivity contribution >= 4 is 28.3 Å². The van der Waals surface area contributed by atoms with Crippen LogP contribution < -0.4 is 5.32 Å². The number of carbonyl (C=O) groups excluding carboxylic acids is 1. The van der Waals surface area contributed by atoms with Crippen LogP contribution in [0.2, 0.25) is 0 Å². The van der Waals surface area contributed by atoms with E-state index in [4.69, 9.17) is 0 Å². The summed E-state index contributed by atoms with van der Waals surface area (Å²) in [4.78, 5) is 34.6. The minimum Gasteiger partial charge on any atom is -0.426 e. The van der Waals surface area contributed by atoms with Gasteiger partial charge in [0.15, 0.2) is 5.82 Å². The summed E-state index contributed by atoms with van der Waals surface area (Å²) < 4.78 is 0.801. The number of carbonyl (C=O) groups is 1. The maximum absolute atomic E-state index is 12.1. The minimum absolute atomic E-state index is 0.142. The van der Waals surface area contributed by atoms with Gasteiger partial charge in [0.25, 0.3) is 11.6 Å². The van der Waals surface area contributed by atoms with E-state index in [1.165, 1.54) is 36.8 Å². The Morgan fingerprint density at radius 3 is 2.61 bits per heavy atom. The average Bonchev–Trinajstić information content (AvgIpc) is 3.05. The monoisotopic (exact) mass is 376 g/mol. The van der Waals surface area contributed by atoms with Gasteiger partial charge in [-0.25, -0.2) is 9.97 Å². The Morgan fingerprint density at radius 1 is 1.14 bits per heavy atom. The molecule has 0 aliphatic heterocycles. The van der Waals surface area contributed by atoms with Crippen LogP contribution in [-0.2, 0) is 0 Å². The highest BCUT2D eigenvalue weighted by atomic mass is 16.6. The number of non-ortho nitro benzene ring substituents is 1. The fraction of sp³-hybridized carbons (Fsp3) is 0. The van der Waals surface area contributed by atoms with Crippen molar-refractivity contribution in [2.75, 3.05) is 5.32 Å². The number of rotatable bonds is 4. The third-order valence-electron chi connectivity index (χ3n) is 4.02. The number of aromatic nitrogens is 4. The molecule has 2 N–H and O–H groups in total. The lowest BCUT2D eigenvalue weighted by atomic mass is 10.2. The fourth-order valence-electron chi connectivity index (χ4n) is 2.67. The van der Waals surface area contributed by atoms with Crippen LogP contribution in [0, 0.1) is 10.1 Å². The molecule has 0 unspecified atom stereocenters. The standard InChI is InChI=1S/C18H12N6O4/c25-18(15-10-19-7-8-20-15)21-12-3-1-11(2-4-12)17-22-14-6-5-13(24(27)28)9-16(14)23(17)26/h1-10,26H,(H,21,25). The summed E-state index contributed by atoms with van der Waals surface area (Å²) in [6, 6.07) is 10.7. The van der Waals surface area contributed by atoms with Crippen LogP contribution in [0.3, 0.4) is 0 Å². The predicted octanol–water partition coefficient (Wildman–Crippen LogP) is 2.89. The molecule has 10 heteroatoms. The maximum Gasteiger partial charge on any atom is 0.275 e. The number of hydrogen-bond donors (Lipinski definition) is 2. The van der Waals surface area contributed by atoms with E-state index in [0.29, 0.717) is 16.8 Å². The summed E-state index contributed by atoms with van der Waals surface area (Å²) in [5.41, 5.74) is 1.78. The molecule has 0 fully saturated rings. The highest BCUT2D eigenvalue weighted by Gasteiger charge is 2.16. The van der Waals surface area contributed by atoms with Crippen LogP contribution in [0.5, 0.6) is 0 Å². The summed E-state index contributed by atoms with van der Waals surface area (Å²) in [5.74, 6) is -0.176. The number of nitro groups is 1. The number of fused-ring (bicyclic) bond motifs is 1. The molecule has 1 amide bonds. The second-order valence-electron chi connectivity index (χ2n) is 5.80. The summed E-state index contributed by atoms with van der Waals surface area (Å²) in [5, 5.41) is 24.0. The Labute approximate surface area is 157 Å². The van der Waals surface area contributed by atoms with Gasteiger partial charge in [0.2, 0.25) is 0 Å². The fourth-order valence-corrected chi connectivity index (χ4v) is 2.67. The number of benzene rings is 2. The van der Waals surface area contributed by atoms with Crippen molar-refractivity contribution in [1.82, 2.24) is 19.7 Å². The molecule has 2 aromatic heterocycles. The summed E-state index contributed by atoms with van der Waals surface area (Å²) in [6.07, 6.45) is 4.26. The van der Waals surface area contributed by atoms with Gasteiger partial charge in [0.1, 0.15) is 11.2 Å². The lowest BCUT2D eigenvalue weighted by Crippen LogP contribution is -2.13. The molecule has 138 valence electrons. The second-order valence-corrected chi connectivity index (χ2v) is 5.80. The van der Waals surface area contributed by atoms with Crippen LogP contribution in [0.15, 0.2) is 61.1 Å². The third kappa shape index (κ3) is 3.09. The molecule has 4 aromatic rings. The van der Waals surface area contributed by atoms with Gasteiger partial charge in [-0.2, -0.15) is 4.73 Å². The van der Waals surface area contributed by atoms with Gasteiger partial charge in [-0.1, -0.05) is 0 Å². The second kappa shape index (κ2) is 6.76. The van der Waals surface area contributed by atoms with E-state index in [1.807, 2.05) is 0 Å². The Balaban J connectivity index is 1.61. The number of amides is 1. The lowest BCUT2D eigenvalue weighted by molar-refractivity contribution is -0.384. The van der Waals surface area contributed by atoms with Gasteiger partial charge >= 0.3 is 0 Å². The molecule has 0 radical (unpaired) electrons. The van der Waals surface area contributed by atoms with E-state index in [1.54, 1.807) is 24.3 Å². The molecule has 0 aliphatic rings. The molecular formula is C18H12N6O4. The van der Waals surface area contributed by atoms with Gasteiger partial charge in [-0.05, 0) is 30.3 Å². The van der Waals surface area contributed by atoms with Crippen molar-refractivity contribution in [2.24, 2.45) is 0 Å². The number of nitrogens with zero attached hydrogens (tertiary/aromatic N) is 5. The summed E-state index contributed by atoms with van der Waals surface area (Å²) in [6.45, 7) is 0. The van der Waals surface area contributed by atoms with E-state index in [-0.39, 0.29) is 22.7 Å². The highest BCUT2D eigenvalue weighted by Crippen LogP contribution is 2.27. The number of anilines is 1. The molecule has 2 aromatic carbocycles. The molecule has 4 rings (SSSR count). The van der Waals surface area contributed by atoms with E-state index in [0.717, 1.165) is 4.73 Å². The van der Waals surface area contributed by atoms with Crippen molar-refractivity contribution in [2.45, 2.75) is 0 Å². The molecule has 0 bridgehead atoms. The topological polar surface area (TPSA) is 136 Å².